The number of benzene rings is 1. The molecule has 0 saturated heterocycles. The van der Waals surface area contributed by atoms with Crippen LogP contribution in [0.15, 0.2) is 18.2 Å². The van der Waals surface area contributed by atoms with Crippen molar-refractivity contribution in [1.82, 2.24) is 6.15 Å². The lowest BCUT2D eigenvalue weighted by atomic mass is 9.82. The molecule has 0 radical (unpaired) electrons. The van der Waals surface area contributed by atoms with Crippen LogP contribution in [0.2, 0.25) is 0 Å². The Labute approximate surface area is 231 Å². The van der Waals surface area contributed by atoms with Gasteiger partial charge in [-0.25, -0.2) is 8.42 Å². The first-order valence-corrected chi connectivity index (χ1v) is 16.8. The summed E-state index contributed by atoms with van der Waals surface area (Å²) in [6, 6.07) is 6.04. The Hall–Kier alpha value is -0.910. The summed E-state index contributed by atoms with van der Waals surface area (Å²) in [4.78, 5) is 0. The van der Waals surface area contributed by atoms with Crippen molar-refractivity contribution >= 4 is 10.1 Å². The van der Waals surface area contributed by atoms with Crippen molar-refractivity contribution in [3.63, 3.8) is 0 Å². The van der Waals surface area contributed by atoms with Crippen molar-refractivity contribution < 1.29 is 13.0 Å². The lowest BCUT2D eigenvalue weighted by molar-refractivity contribution is 0.363. The lowest BCUT2D eigenvalue weighted by Gasteiger charge is -2.39. The zero-order valence-corrected chi connectivity index (χ0v) is 26.0. The van der Waals surface area contributed by atoms with E-state index >= 15 is 0 Å². The third kappa shape index (κ3) is 13.1. The molecule has 0 spiro atoms. The van der Waals surface area contributed by atoms with Gasteiger partial charge in [-0.05, 0) is 49.3 Å². The standard InChI is InChI=1S/C32H58O3S.H3N/c1-5-8-11-14-17-20-25-30-29(4)24-23-26-31(30)32(36(33,34)35,27-21-18-15-12-9-6-2)28-22-19-16-13-10-7-3;/h23-24,26H,5-22,25,27-28H2,1-4H3,(H,33,34,35);1H3. The zero-order valence-electron chi connectivity index (χ0n) is 25.2. The highest BCUT2D eigenvalue weighted by atomic mass is 32.2. The summed E-state index contributed by atoms with van der Waals surface area (Å²) in [6.07, 6.45) is 22.2. The normalized spacial score (nSPS) is 12.0. The first kappa shape index (κ1) is 36.1. The van der Waals surface area contributed by atoms with Crippen molar-refractivity contribution in [1.29, 1.82) is 0 Å². The number of quaternary nitrogens is 1. The van der Waals surface area contributed by atoms with Gasteiger partial charge in [-0.3, -0.25) is 0 Å². The van der Waals surface area contributed by atoms with Gasteiger partial charge in [0, 0.05) is 0 Å². The van der Waals surface area contributed by atoms with E-state index in [1.54, 1.807) is 0 Å². The molecule has 218 valence electrons. The molecular formula is C32H61NO3S. The van der Waals surface area contributed by atoms with Gasteiger partial charge < -0.3 is 10.7 Å². The molecule has 0 aliphatic rings. The molecule has 0 fully saturated rings. The smallest absolute Gasteiger partial charge is 0.105 e. The molecule has 0 heterocycles. The van der Waals surface area contributed by atoms with E-state index in [0.717, 1.165) is 68.1 Å². The Morgan fingerprint density at radius 3 is 1.49 bits per heavy atom. The van der Waals surface area contributed by atoms with Crippen LogP contribution in [0.5, 0.6) is 0 Å². The summed E-state index contributed by atoms with van der Waals surface area (Å²) in [7, 11) is -4.51. The van der Waals surface area contributed by atoms with Crippen LogP contribution in [0.25, 0.3) is 0 Å². The summed E-state index contributed by atoms with van der Waals surface area (Å²) in [6.45, 7) is 8.74. The zero-order chi connectivity index (χ0) is 26.7. The quantitative estimate of drug-likeness (QED) is 0.111. The summed E-state index contributed by atoms with van der Waals surface area (Å²) < 4.78 is 38.1. The first-order valence-electron chi connectivity index (χ1n) is 15.4. The fourth-order valence-corrected chi connectivity index (χ4v) is 6.95. The minimum atomic E-state index is -4.51. The third-order valence-electron chi connectivity index (χ3n) is 8.03. The van der Waals surface area contributed by atoms with Crippen molar-refractivity contribution in [3.8, 4) is 0 Å². The van der Waals surface area contributed by atoms with Crippen molar-refractivity contribution in [2.24, 2.45) is 0 Å². The van der Waals surface area contributed by atoms with Gasteiger partial charge >= 0.3 is 0 Å². The maximum atomic E-state index is 13.1. The van der Waals surface area contributed by atoms with E-state index in [2.05, 4.69) is 33.8 Å². The van der Waals surface area contributed by atoms with Crippen LogP contribution in [0.1, 0.15) is 166 Å². The first-order chi connectivity index (χ1) is 17.3. The predicted molar refractivity (Wildman–Crippen MR) is 162 cm³/mol. The Kier molecular flexibility index (Phi) is 20.5. The van der Waals surface area contributed by atoms with Gasteiger partial charge in [-0.15, -0.1) is 0 Å². The van der Waals surface area contributed by atoms with Crippen LogP contribution in [0, 0.1) is 6.92 Å². The topological polar surface area (TPSA) is 93.7 Å². The molecule has 0 aliphatic carbocycles. The van der Waals surface area contributed by atoms with E-state index in [1.165, 1.54) is 70.6 Å². The second-order valence-corrected chi connectivity index (χ2v) is 12.8. The number of rotatable bonds is 23. The highest BCUT2D eigenvalue weighted by Gasteiger charge is 2.40. The van der Waals surface area contributed by atoms with Gasteiger partial charge in [0.25, 0.3) is 0 Å². The number of unbranched alkanes of at least 4 members (excludes halogenated alkanes) is 15. The van der Waals surface area contributed by atoms with Crippen LogP contribution in [0.4, 0.5) is 0 Å². The summed E-state index contributed by atoms with van der Waals surface area (Å²) >= 11 is 0. The van der Waals surface area contributed by atoms with Crippen molar-refractivity contribution in [3.05, 3.63) is 34.9 Å². The van der Waals surface area contributed by atoms with Gasteiger partial charge in [0.1, 0.15) is 10.1 Å². The van der Waals surface area contributed by atoms with Gasteiger partial charge in [0.15, 0.2) is 0 Å². The highest BCUT2D eigenvalue weighted by Crippen LogP contribution is 2.43. The maximum Gasteiger partial charge on any atom is 0.105 e. The van der Waals surface area contributed by atoms with E-state index in [0.29, 0.717) is 12.8 Å². The predicted octanol–water partition coefficient (Wildman–Crippen LogP) is 10.5. The molecule has 0 unspecified atom stereocenters. The van der Waals surface area contributed by atoms with Gasteiger partial charge in [-0.2, -0.15) is 0 Å². The average molecular weight is 540 g/mol. The summed E-state index contributed by atoms with van der Waals surface area (Å²) in [5, 5.41) is 0. The molecule has 4 nitrogen and oxygen atoms in total. The van der Waals surface area contributed by atoms with E-state index in [4.69, 9.17) is 0 Å². The fourth-order valence-electron chi connectivity index (χ4n) is 5.70. The number of aryl methyl sites for hydroxylation is 1. The molecule has 1 aromatic rings. The van der Waals surface area contributed by atoms with Crippen LogP contribution in [0.3, 0.4) is 0 Å². The second-order valence-electron chi connectivity index (χ2n) is 11.1. The molecule has 0 bridgehead atoms. The Bertz CT molecular complexity index is 775. The molecule has 1 aromatic carbocycles. The van der Waals surface area contributed by atoms with Crippen LogP contribution in [-0.2, 0) is 21.3 Å². The SMILES string of the molecule is CCCCCCCCc1c(C)cccc1C(CCCCCCCC)(CCCCCCCC)S(=O)(=O)[O-].[NH4+]. The molecular weight excluding hydrogens is 478 g/mol. The molecule has 0 aliphatic heterocycles. The fraction of sp³-hybridized carbons (Fsp3) is 0.812. The van der Waals surface area contributed by atoms with Gasteiger partial charge in [-0.1, -0.05) is 148 Å². The molecule has 4 N–H and O–H groups in total. The van der Waals surface area contributed by atoms with Gasteiger partial charge in [0.2, 0.25) is 0 Å². The summed E-state index contributed by atoms with van der Waals surface area (Å²) in [5.41, 5.74) is 3.09. The molecule has 5 heteroatoms. The van der Waals surface area contributed by atoms with Crippen molar-refractivity contribution in [2.45, 2.75) is 167 Å². The Morgan fingerprint density at radius 1 is 0.649 bits per heavy atom. The van der Waals surface area contributed by atoms with E-state index < -0.39 is 14.9 Å². The minimum Gasteiger partial charge on any atom is -0.747 e. The van der Waals surface area contributed by atoms with Crippen LogP contribution in [-0.4, -0.2) is 13.0 Å². The molecule has 0 aromatic heterocycles. The van der Waals surface area contributed by atoms with Crippen molar-refractivity contribution in [2.75, 3.05) is 0 Å². The van der Waals surface area contributed by atoms with E-state index in [9.17, 15) is 13.0 Å². The maximum absolute atomic E-state index is 13.1. The van der Waals surface area contributed by atoms with Gasteiger partial charge in [0.05, 0.1) is 4.75 Å². The number of hydrogen-bond acceptors (Lipinski definition) is 3. The molecule has 37 heavy (non-hydrogen) atoms. The highest BCUT2D eigenvalue weighted by molar-refractivity contribution is 7.86. The molecule has 0 saturated carbocycles. The second kappa shape index (κ2) is 21.0. The molecule has 0 amide bonds. The van der Waals surface area contributed by atoms with Crippen LogP contribution < -0.4 is 6.15 Å². The average Bonchev–Trinajstić information content (AvgIpc) is 2.84. The van der Waals surface area contributed by atoms with E-state index in [1.807, 2.05) is 12.1 Å². The summed E-state index contributed by atoms with van der Waals surface area (Å²) in [5.74, 6) is 0. The lowest BCUT2D eigenvalue weighted by Crippen LogP contribution is -2.37. The Balaban J connectivity index is 0.0000130. The monoisotopic (exact) mass is 539 g/mol. The number of hydrogen-bond donors (Lipinski definition) is 1. The Morgan fingerprint density at radius 2 is 1.05 bits per heavy atom. The van der Waals surface area contributed by atoms with E-state index in [-0.39, 0.29) is 6.15 Å². The molecule has 1 rings (SSSR count). The third-order valence-corrected chi connectivity index (χ3v) is 9.61. The molecule has 0 atom stereocenters. The van der Waals surface area contributed by atoms with Crippen LogP contribution >= 0.6 is 0 Å². The minimum absolute atomic E-state index is 0. The largest absolute Gasteiger partial charge is 0.747 e.